The third-order valence-corrected chi connectivity index (χ3v) is 8.34. The molecule has 6 nitrogen and oxygen atoms in total. The van der Waals surface area contributed by atoms with E-state index >= 15 is 0 Å². The van der Waals surface area contributed by atoms with Gasteiger partial charge in [0.2, 0.25) is 5.91 Å². The summed E-state index contributed by atoms with van der Waals surface area (Å²) in [5.41, 5.74) is 9.42. The Morgan fingerprint density at radius 1 is 1.05 bits per heavy atom. The first-order valence-electron chi connectivity index (χ1n) is 13.4. The minimum atomic E-state index is -0.181. The Bertz CT molecular complexity index is 1600. The summed E-state index contributed by atoms with van der Waals surface area (Å²) in [5, 5.41) is 7.49. The normalized spacial score (nSPS) is 16.9. The topological polar surface area (TPSA) is 62.2 Å². The number of nitrogens with one attached hydrogen (secondary N) is 2. The Kier molecular flexibility index (Phi) is 7.71. The molecule has 40 heavy (non-hydrogen) atoms. The minimum Gasteiger partial charge on any atom is -0.351 e. The maximum atomic E-state index is 12.3. The molecule has 8 heteroatoms. The molecule has 2 unspecified atom stereocenters. The average molecular weight is 572 g/mol. The Morgan fingerprint density at radius 2 is 1.82 bits per heavy atom. The Balaban J connectivity index is 1.64. The van der Waals surface area contributed by atoms with E-state index in [1.54, 1.807) is 0 Å². The molecule has 0 aliphatic carbocycles. The van der Waals surface area contributed by atoms with E-state index in [4.69, 9.17) is 28.8 Å². The van der Waals surface area contributed by atoms with Crippen molar-refractivity contribution in [2.24, 2.45) is 5.92 Å². The summed E-state index contributed by atoms with van der Waals surface area (Å²) in [6.45, 7) is 12.3. The van der Waals surface area contributed by atoms with E-state index in [-0.39, 0.29) is 23.9 Å². The van der Waals surface area contributed by atoms with Crippen LogP contribution in [0.2, 0.25) is 5.02 Å². The highest BCUT2D eigenvalue weighted by atomic mass is 35.5. The molecule has 0 spiro atoms. The predicted octanol–water partition coefficient (Wildman–Crippen LogP) is 7.53. The van der Waals surface area contributed by atoms with Gasteiger partial charge in [0.15, 0.2) is 5.11 Å². The number of aromatic nitrogens is 2. The number of hydrogen-bond acceptors (Lipinski definition) is 3. The molecular weight excluding hydrogens is 538 g/mol. The van der Waals surface area contributed by atoms with E-state index in [9.17, 15) is 4.79 Å². The highest BCUT2D eigenvalue weighted by Gasteiger charge is 2.42. The molecule has 4 aromatic rings. The molecule has 206 valence electrons. The number of pyridine rings is 1. The van der Waals surface area contributed by atoms with E-state index < -0.39 is 0 Å². The van der Waals surface area contributed by atoms with Gasteiger partial charge in [-0.25, -0.2) is 0 Å². The number of benzene rings is 2. The second-order valence-corrected chi connectivity index (χ2v) is 11.5. The molecule has 5 rings (SSSR count). The largest absolute Gasteiger partial charge is 0.351 e. The van der Waals surface area contributed by atoms with Crippen molar-refractivity contribution in [3.63, 3.8) is 0 Å². The molecule has 1 aliphatic heterocycles. The van der Waals surface area contributed by atoms with Crippen LogP contribution in [0.1, 0.15) is 59.7 Å². The maximum Gasteiger partial charge on any atom is 0.226 e. The zero-order valence-electron chi connectivity index (χ0n) is 23.6. The molecule has 1 saturated heterocycles. The van der Waals surface area contributed by atoms with E-state index in [1.807, 2.05) is 56.4 Å². The van der Waals surface area contributed by atoms with Gasteiger partial charge in [0, 0.05) is 34.9 Å². The fraction of sp³-hybridized carbons (Fsp3) is 0.281. The van der Waals surface area contributed by atoms with Crippen LogP contribution < -0.4 is 15.5 Å². The number of amides is 1. The van der Waals surface area contributed by atoms with Gasteiger partial charge in [0.25, 0.3) is 0 Å². The smallest absolute Gasteiger partial charge is 0.226 e. The van der Waals surface area contributed by atoms with Gasteiger partial charge in [-0.15, -0.1) is 0 Å². The van der Waals surface area contributed by atoms with Crippen molar-refractivity contribution >= 4 is 46.2 Å². The summed E-state index contributed by atoms with van der Waals surface area (Å²) in [4.78, 5) is 19.1. The predicted molar refractivity (Wildman–Crippen MR) is 168 cm³/mol. The van der Waals surface area contributed by atoms with Crippen molar-refractivity contribution < 1.29 is 4.79 Å². The SMILES string of the molecule is Cc1cccc(-n2c(C)cc(C3C(c4ccccn4)NC(=S)N3c3ccc(NC(=O)C(C)C)c(Cl)c3)c2C)c1C. The van der Waals surface area contributed by atoms with Crippen LogP contribution in [0.25, 0.3) is 5.69 Å². The quantitative estimate of drug-likeness (QED) is 0.234. The van der Waals surface area contributed by atoms with Crippen molar-refractivity contribution in [1.82, 2.24) is 14.9 Å². The Hall–Kier alpha value is -3.68. The average Bonchev–Trinajstić information content (AvgIpc) is 3.42. The lowest BCUT2D eigenvalue weighted by atomic mass is 9.96. The van der Waals surface area contributed by atoms with Gasteiger partial charge in [0.05, 0.1) is 28.5 Å². The first-order valence-corrected chi connectivity index (χ1v) is 14.2. The lowest BCUT2D eigenvalue weighted by molar-refractivity contribution is -0.118. The standard InChI is InChI=1S/C32H34ClN5OS/c1-18(2)31(39)35-26-14-13-23(17-25(26)33)38-30(29(36-32(38)40)27-11-7-8-15-34-27)24-16-20(4)37(22(24)6)28-12-9-10-19(3)21(28)5/h7-18,29-30H,1-6H3,(H,35,39)(H,36,40). The molecule has 2 aromatic heterocycles. The van der Waals surface area contributed by atoms with Crippen LogP contribution >= 0.6 is 23.8 Å². The monoisotopic (exact) mass is 571 g/mol. The third kappa shape index (κ3) is 5.00. The molecule has 2 N–H and O–H groups in total. The molecule has 1 aliphatic rings. The van der Waals surface area contributed by atoms with E-state index in [2.05, 4.69) is 72.1 Å². The maximum absolute atomic E-state index is 12.3. The molecule has 0 bridgehead atoms. The lowest BCUT2D eigenvalue weighted by Gasteiger charge is -2.28. The number of anilines is 2. The highest BCUT2D eigenvalue weighted by Crippen LogP contribution is 2.45. The van der Waals surface area contributed by atoms with Crippen molar-refractivity contribution in [2.45, 2.75) is 53.6 Å². The fourth-order valence-electron chi connectivity index (χ4n) is 5.42. The van der Waals surface area contributed by atoms with Crippen LogP contribution in [0.15, 0.2) is 66.9 Å². The molecular formula is C32H34ClN5OS. The number of hydrogen-bond donors (Lipinski definition) is 2. The summed E-state index contributed by atoms with van der Waals surface area (Å²) in [5.74, 6) is -0.234. The Morgan fingerprint density at radius 3 is 2.50 bits per heavy atom. The van der Waals surface area contributed by atoms with Crippen molar-refractivity contribution in [3.05, 3.63) is 106 Å². The van der Waals surface area contributed by atoms with Crippen LogP contribution in [0.5, 0.6) is 0 Å². The van der Waals surface area contributed by atoms with Crippen LogP contribution in [0.4, 0.5) is 11.4 Å². The van der Waals surface area contributed by atoms with Gasteiger partial charge in [-0.3, -0.25) is 9.78 Å². The molecule has 3 heterocycles. The molecule has 1 amide bonds. The molecule has 1 fully saturated rings. The highest BCUT2D eigenvalue weighted by molar-refractivity contribution is 7.80. The second kappa shape index (κ2) is 11.1. The van der Waals surface area contributed by atoms with Gasteiger partial charge in [-0.2, -0.15) is 0 Å². The molecule has 0 radical (unpaired) electrons. The first-order chi connectivity index (χ1) is 19.1. The lowest BCUT2D eigenvalue weighted by Crippen LogP contribution is -2.29. The number of aryl methyl sites for hydroxylation is 2. The molecule has 0 saturated carbocycles. The van der Waals surface area contributed by atoms with Gasteiger partial charge < -0.3 is 20.1 Å². The van der Waals surface area contributed by atoms with Gasteiger partial charge >= 0.3 is 0 Å². The van der Waals surface area contributed by atoms with Gasteiger partial charge in [-0.1, -0.05) is 43.6 Å². The summed E-state index contributed by atoms with van der Waals surface area (Å²) in [7, 11) is 0. The summed E-state index contributed by atoms with van der Waals surface area (Å²) in [6.07, 6.45) is 1.81. The van der Waals surface area contributed by atoms with Crippen LogP contribution in [0.3, 0.4) is 0 Å². The first kappa shape index (κ1) is 27.9. The number of nitrogens with zero attached hydrogens (tertiary/aromatic N) is 3. The van der Waals surface area contributed by atoms with Crippen LogP contribution in [0, 0.1) is 33.6 Å². The van der Waals surface area contributed by atoms with Crippen LogP contribution in [-0.4, -0.2) is 20.6 Å². The number of halogens is 1. The summed E-state index contributed by atoms with van der Waals surface area (Å²) >= 11 is 12.6. The van der Waals surface area contributed by atoms with Gasteiger partial charge in [0.1, 0.15) is 0 Å². The minimum absolute atomic E-state index is 0.0833. The van der Waals surface area contributed by atoms with Gasteiger partial charge in [-0.05, 0) is 99.1 Å². The Labute approximate surface area is 246 Å². The fourth-order valence-corrected chi connectivity index (χ4v) is 5.98. The zero-order chi connectivity index (χ0) is 28.7. The second-order valence-electron chi connectivity index (χ2n) is 10.7. The van der Waals surface area contributed by atoms with Crippen molar-refractivity contribution in [1.29, 1.82) is 0 Å². The van der Waals surface area contributed by atoms with E-state index in [0.29, 0.717) is 15.8 Å². The molecule has 2 atom stereocenters. The number of thiocarbonyl (C=S) groups is 1. The van der Waals surface area contributed by atoms with Crippen LogP contribution in [-0.2, 0) is 4.79 Å². The van der Waals surface area contributed by atoms with Crippen molar-refractivity contribution in [3.8, 4) is 5.69 Å². The number of rotatable bonds is 6. The van der Waals surface area contributed by atoms with E-state index in [0.717, 1.165) is 28.3 Å². The summed E-state index contributed by atoms with van der Waals surface area (Å²) < 4.78 is 2.32. The van der Waals surface area contributed by atoms with E-state index in [1.165, 1.54) is 16.8 Å². The zero-order valence-corrected chi connectivity index (χ0v) is 25.2. The molecule has 2 aromatic carbocycles. The summed E-state index contributed by atoms with van der Waals surface area (Å²) in [6, 6.07) is 19.9. The number of carbonyl (C=O) groups excluding carboxylic acids is 1. The number of carbonyl (C=O) groups is 1. The van der Waals surface area contributed by atoms with Crippen molar-refractivity contribution in [2.75, 3.05) is 10.2 Å². The third-order valence-electron chi connectivity index (χ3n) is 7.72.